The van der Waals surface area contributed by atoms with Crippen LogP contribution in [-0.2, 0) is 6.54 Å². The van der Waals surface area contributed by atoms with E-state index in [-0.39, 0.29) is 10.6 Å². The number of likely N-dealkylation sites (tertiary alicyclic amines) is 1. The maximum absolute atomic E-state index is 11.0. The first-order chi connectivity index (χ1) is 11.2. The van der Waals surface area contributed by atoms with Crippen LogP contribution in [-0.4, -0.2) is 49.0 Å². The number of nitrogens with zero attached hydrogens (tertiary/aromatic N) is 3. The molecule has 1 aromatic carbocycles. The van der Waals surface area contributed by atoms with E-state index in [4.69, 9.17) is 0 Å². The molecule has 0 atom stereocenters. The quantitative estimate of drug-likeness (QED) is 0.361. The molecule has 0 aliphatic carbocycles. The smallest absolute Gasteiger partial charge is 0.274 e. The third-order valence-corrected chi connectivity index (χ3v) is 4.03. The predicted molar refractivity (Wildman–Crippen MR) is 91.6 cm³/mol. The minimum atomic E-state index is -0.358. The molecule has 0 spiro atoms. The van der Waals surface area contributed by atoms with Crippen LogP contribution in [0, 0.1) is 10.1 Å². The fraction of sp³-hybridized carbons (Fsp3) is 0.562. The van der Waals surface area contributed by atoms with E-state index < -0.39 is 0 Å². The highest BCUT2D eigenvalue weighted by Gasteiger charge is 2.13. The highest BCUT2D eigenvalue weighted by Crippen LogP contribution is 2.16. The molecule has 23 heavy (non-hydrogen) atoms. The highest BCUT2D eigenvalue weighted by molar-refractivity contribution is 5.79. The average molecular weight is 319 g/mol. The average Bonchev–Trinajstić information content (AvgIpc) is 2.59. The predicted octanol–water partition coefficient (Wildman–Crippen LogP) is 1.75. The molecule has 1 aliphatic heterocycles. The Bertz CT molecular complexity index is 541. The summed E-state index contributed by atoms with van der Waals surface area (Å²) in [6.45, 7) is 4.52. The van der Waals surface area contributed by atoms with Gasteiger partial charge in [0, 0.05) is 38.3 Å². The van der Waals surface area contributed by atoms with E-state index in [9.17, 15) is 10.1 Å². The Labute approximate surface area is 136 Å². The molecular weight excluding hydrogens is 294 g/mol. The Morgan fingerprint density at radius 1 is 1.26 bits per heavy atom. The number of benzene rings is 1. The minimum absolute atomic E-state index is 0.128. The van der Waals surface area contributed by atoms with Gasteiger partial charge in [-0.15, -0.1) is 0 Å². The van der Waals surface area contributed by atoms with Crippen molar-refractivity contribution in [1.29, 1.82) is 0 Å². The molecule has 7 heteroatoms. The third kappa shape index (κ3) is 5.52. The third-order valence-electron chi connectivity index (χ3n) is 4.03. The van der Waals surface area contributed by atoms with Crippen molar-refractivity contribution in [3.05, 3.63) is 39.9 Å². The monoisotopic (exact) mass is 319 g/mol. The van der Waals surface area contributed by atoms with Crippen molar-refractivity contribution in [2.45, 2.75) is 25.8 Å². The van der Waals surface area contributed by atoms with Crippen LogP contribution in [0.2, 0.25) is 0 Å². The van der Waals surface area contributed by atoms with E-state index >= 15 is 0 Å². The van der Waals surface area contributed by atoms with E-state index in [1.54, 1.807) is 25.2 Å². The van der Waals surface area contributed by atoms with Crippen LogP contribution in [0.15, 0.2) is 29.3 Å². The molecule has 0 amide bonds. The summed E-state index contributed by atoms with van der Waals surface area (Å²) in [6, 6.07) is 6.75. The van der Waals surface area contributed by atoms with Gasteiger partial charge in [0.25, 0.3) is 5.69 Å². The topological polar surface area (TPSA) is 82.8 Å². The molecule has 126 valence electrons. The maximum atomic E-state index is 11.0. The van der Waals surface area contributed by atoms with Crippen molar-refractivity contribution in [3.8, 4) is 0 Å². The summed E-state index contributed by atoms with van der Waals surface area (Å²) in [4.78, 5) is 17.3. The van der Waals surface area contributed by atoms with E-state index in [0.29, 0.717) is 18.1 Å². The van der Waals surface area contributed by atoms with Gasteiger partial charge in [-0.05, 0) is 25.9 Å². The summed E-state index contributed by atoms with van der Waals surface area (Å²) in [6.07, 6.45) is 3.90. The summed E-state index contributed by atoms with van der Waals surface area (Å²) < 4.78 is 0. The molecule has 2 rings (SSSR count). The lowest BCUT2D eigenvalue weighted by Gasteiger charge is -2.26. The molecule has 0 saturated carbocycles. The molecule has 1 heterocycles. The standard InChI is InChI=1S/C16H25N5O2/c1-17-16(18-9-12-20-10-5-2-6-11-20)19-13-14-7-3-4-8-15(14)21(22)23/h3-4,7-8H,2,5-6,9-13H2,1H3,(H2,17,18,19). The lowest BCUT2D eigenvalue weighted by Crippen LogP contribution is -2.42. The van der Waals surface area contributed by atoms with Gasteiger partial charge in [-0.1, -0.05) is 24.6 Å². The van der Waals surface area contributed by atoms with E-state index in [2.05, 4.69) is 20.5 Å². The van der Waals surface area contributed by atoms with Gasteiger partial charge in [-0.2, -0.15) is 0 Å². The van der Waals surface area contributed by atoms with Gasteiger partial charge in [-0.25, -0.2) is 0 Å². The van der Waals surface area contributed by atoms with Crippen molar-refractivity contribution >= 4 is 11.6 Å². The van der Waals surface area contributed by atoms with E-state index in [1.165, 1.54) is 38.4 Å². The number of guanidine groups is 1. The van der Waals surface area contributed by atoms with Gasteiger partial charge in [0.15, 0.2) is 5.96 Å². The lowest BCUT2D eigenvalue weighted by molar-refractivity contribution is -0.385. The molecule has 0 bridgehead atoms. The van der Waals surface area contributed by atoms with E-state index in [1.807, 2.05) is 0 Å². The molecule has 2 N–H and O–H groups in total. The Hall–Kier alpha value is -2.15. The first-order valence-electron chi connectivity index (χ1n) is 8.10. The molecule has 1 aliphatic rings. The van der Waals surface area contributed by atoms with Crippen LogP contribution in [0.4, 0.5) is 5.69 Å². The van der Waals surface area contributed by atoms with Crippen LogP contribution >= 0.6 is 0 Å². The second kappa shape index (κ2) is 9.09. The molecule has 0 unspecified atom stereocenters. The van der Waals surface area contributed by atoms with Crippen molar-refractivity contribution < 1.29 is 4.92 Å². The molecule has 1 aromatic rings. The van der Waals surface area contributed by atoms with Crippen LogP contribution in [0.1, 0.15) is 24.8 Å². The minimum Gasteiger partial charge on any atom is -0.355 e. The summed E-state index contributed by atoms with van der Waals surface area (Å²) >= 11 is 0. The Kier molecular flexibility index (Phi) is 6.80. The first-order valence-corrected chi connectivity index (χ1v) is 8.10. The van der Waals surface area contributed by atoms with E-state index in [0.717, 1.165) is 13.1 Å². The number of para-hydroxylation sites is 1. The van der Waals surface area contributed by atoms with Crippen molar-refractivity contribution in [1.82, 2.24) is 15.5 Å². The lowest BCUT2D eigenvalue weighted by atomic mass is 10.1. The largest absolute Gasteiger partial charge is 0.355 e. The summed E-state index contributed by atoms with van der Waals surface area (Å²) in [7, 11) is 1.70. The zero-order valence-corrected chi connectivity index (χ0v) is 13.6. The Morgan fingerprint density at radius 3 is 2.70 bits per heavy atom. The Balaban J connectivity index is 1.78. The summed E-state index contributed by atoms with van der Waals surface area (Å²) in [5, 5.41) is 17.4. The number of nitro groups is 1. The first kappa shape index (κ1) is 17.2. The number of nitrogens with one attached hydrogen (secondary N) is 2. The van der Waals surface area contributed by atoms with Gasteiger partial charge in [-0.3, -0.25) is 15.1 Å². The highest BCUT2D eigenvalue weighted by atomic mass is 16.6. The molecule has 0 aromatic heterocycles. The second-order valence-electron chi connectivity index (χ2n) is 5.64. The number of rotatable bonds is 6. The second-order valence-corrected chi connectivity index (χ2v) is 5.64. The van der Waals surface area contributed by atoms with Gasteiger partial charge in [0.05, 0.1) is 4.92 Å². The van der Waals surface area contributed by atoms with Gasteiger partial charge in [0.1, 0.15) is 0 Å². The van der Waals surface area contributed by atoms with Crippen molar-refractivity contribution in [2.24, 2.45) is 4.99 Å². The summed E-state index contributed by atoms with van der Waals surface area (Å²) in [5.41, 5.74) is 0.778. The number of piperidine rings is 1. The molecule has 0 radical (unpaired) electrons. The van der Waals surface area contributed by atoms with Crippen molar-refractivity contribution in [3.63, 3.8) is 0 Å². The fourth-order valence-electron chi connectivity index (χ4n) is 2.75. The SMILES string of the molecule is CN=C(NCCN1CCCCC1)NCc1ccccc1[N+](=O)[O-]. The zero-order chi connectivity index (χ0) is 16.5. The van der Waals surface area contributed by atoms with Gasteiger partial charge >= 0.3 is 0 Å². The molecule has 1 saturated heterocycles. The maximum Gasteiger partial charge on any atom is 0.274 e. The zero-order valence-electron chi connectivity index (χ0n) is 13.6. The number of hydrogen-bond donors (Lipinski definition) is 2. The van der Waals surface area contributed by atoms with Crippen LogP contribution in [0.5, 0.6) is 0 Å². The van der Waals surface area contributed by atoms with Gasteiger partial charge in [0.2, 0.25) is 0 Å². The van der Waals surface area contributed by atoms with Crippen LogP contribution < -0.4 is 10.6 Å². The molecule has 1 fully saturated rings. The molecule has 7 nitrogen and oxygen atoms in total. The van der Waals surface area contributed by atoms with Gasteiger partial charge < -0.3 is 15.5 Å². The normalized spacial score (nSPS) is 16.1. The van der Waals surface area contributed by atoms with Crippen molar-refractivity contribution in [2.75, 3.05) is 33.2 Å². The van der Waals surface area contributed by atoms with Crippen LogP contribution in [0.25, 0.3) is 0 Å². The number of nitro benzene ring substituents is 1. The number of aliphatic imine (C=N–C) groups is 1. The Morgan fingerprint density at radius 2 is 2.00 bits per heavy atom. The molecular formula is C16H25N5O2. The fourth-order valence-corrected chi connectivity index (χ4v) is 2.75. The van der Waals surface area contributed by atoms with Crippen LogP contribution in [0.3, 0.4) is 0 Å². The summed E-state index contributed by atoms with van der Waals surface area (Å²) in [5.74, 6) is 0.667. The number of hydrogen-bond acceptors (Lipinski definition) is 4.